The van der Waals surface area contributed by atoms with Gasteiger partial charge in [-0.2, -0.15) is 0 Å². The van der Waals surface area contributed by atoms with E-state index in [0.29, 0.717) is 36.1 Å². The first kappa shape index (κ1) is 25.0. The van der Waals surface area contributed by atoms with Crippen LogP contribution in [0.2, 0.25) is 0 Å². The Kier molecular flexibility index (Phi) is 7.18. The maximum Gasteiger partial charge on any atom is 0.166 e. The molecule has 1 saturated carbocycles. The van der Waals surface area contributed by atoms with Crippen molar-refractivity contribution >= 4 is 0 Å². The number of aryl methyl sites for hydroxylation is 2. The molecule has 36 heavy (non-hydrogen) atoms. The van der Waals surface area contributed by atoms with Crippen molar-refractivity contribution in [3.05, 3.63) is 94.1 Å². The molecule has 2 nitrogen and oxygen atoms in total. The summed E-state index contributed by atoms with van der Waals surface area (Å²) in [4.78, 5) is 0. The van der Waals surface area contributed by atoms with E-state index in [-0.39, 0.29) is 35.2 Å². The number of aliphatic hydroxyl groups excluding tert-OH is 1. The van der Waals surface area contributed by atoms with Gasteiger partial charge in [0.15, 0.2) is 23.3 Å². The van der Waals surface area contributed by atoms with Crippen molar-refractivity contribution in [1.82, 2.24) is 0 Å². The molecule has 0 spiro atoms. The lowest BCUT2D eigenvalue weighted by Crippen LogP contribution is -2.23. The topological polar surface area (TPSA) is 32.8 Å². The molecule has 3 aromatic rings. The van der Waals surface area contributed by atoms with Crippen molar-refractivity contribution in [1.29, 1.82) is 0 Å². The van der Waals surface area contributed by atoms with E-state index < -0.39 is 23.3 Å². The molecular weight excluding hydrogens is 468 g/mol. The van der Waals surface area contributed by atoms with Gasteiger partial charge in [-0.15, -0.1) is 0 Å². The van der Waals surface area contributed by atoms with E-state index in [4.69, 9.17) is 4.74 Å². The average molecular weight is 499 g/mol. The van der Waals surface area contributed by atoms with Gasteiger partial charge >= 0.3 is 0 Å². The third kappa shape index (κ3) is 5.07. The molecule has 2 unspecified atom stereocenters. The van der Waals surface area contributed by atoms with Crippen molar-refractivity contribution in [2.45, 2.75) is 63.6 Å². The molecule has 0 aromatic heterocycles. The van der Waals surface area contributed by atoms with Crippen molar-refractivity contribution in [3.63, 3.8) is 0 Å². The van der Waals surface area contributed by atoms with Gasteiger partial charge in [0.2, 0.25) is 0 Å². The second-order valence-electron chi connectivity index (χ2n) is 10.1. The smallest absolute Gasteiger partial charge is 0.166 e. The van der Waals surface area contributed by atoms with Crippen molar-refractivity contribution in [3.8, 4) is 11.1 Å². The van der Waals surface area contributed by atoms with Gasteiger partial charge in [0, 0.05) is 11.1 Å². The van der Waals surface area contributed by atoms with E-state index in [9.17, 15) is 13.9 Å². The standard InChI is InChI=1S/C30H30F4O2/c1-17(35)19-8-10-21(11-9-19)24-15-14-23(28(32)29(24)33)20-5-2-18(3-6-20)4-7-22-12-13-25(26-16-36-26)30(34)27(22)31/h2-3,5-6,12-15,17,19,21,26,35H,4,7-11,16H2,1H3. The Hall–Kier alpha value is -2.70. The second kappa shape index (κ2) is 10.3. The number of ether oxygens (including phenoxy) is 1. The summed E-state index contributed by atoms with van der Waals surface area (Å²) < 4.78 is 63.8. The van der Waals surface area contributed by atoms with Crippen LogP contribution in [0.4, 0.5) is 17.6 Å². The average Bonchev–Trinajstić information content (AvgIpc) is 3.72. The fourth-order valence-corrected chi connectivity index (χ4v) is 5.42. The minimum absolute atomic E-state index is 0.0398. The first-order chi connectivity index (χ1) is 17.3. The lowest BCUT2D eigenvalue weighted by Gasteiger charge is -2.30. The molecule has 6 heteroatoms. The summed E-state index contributed by atoms with van der Waals surface area (Å²) in [5.74, 6) is -3.15. The highest BCUT2D eigenvalue weighted by Gasteiger charge is 2.30. The van der Waals surface area contributed by atoms with Crippen LogP contribution in [0.3, 0.4) is 0 Å². The first-order valence-electron chi connectivity index (χ1n) is 12.7. The molecule has 2 atom stereocenters. The van der Waals surface area contributed by atoms with E-state index >= 15 is 8.78 Å². The highest BCUT2D eigenvalue weighted by atomic mass is 19.2. The molecule has 2 aliphatic rings. The van der Waals surface area contributed by atoms with Crippen LogP contribution < -0.4 is 0 Å². The fraction of sp³-hybridized carbons (Fsp3) is 0.400. The van der Waals surface area contributed by atoms with Gasteiger partial charge in [0.05, 0.1) is 12.7 Å². The summed E-state index contributed by atoms with van der Waals surface area (Å²) in [5, 5.41) is 9.79. The number of hydrogen-bond donors (Lipinski definition) is 1. The van der Waals surface area contributed by atoms with Gasteiger partial charge < -0.3 is 9.84 Å². The maximum atomic E-state index is 15.1. The molecule has 0 amide bonds. The van der Waals surface area contributed by atoms with Gasteiger partial charge in [-0.05, 0) is 79.5 Å². The number of hydrogen-bond acceptors (Lipinski definition) is 2. The zero-order chi connectivity index (χ0) is 25.4. The molecule has 1 heterocycles. The Labute approximate surface area is 208 Å². The third-order valence-corrected chi connectivity index (χ3v) is 7.83. The summed E-state index contributed by atoms with van der Waals surface area (Å²) in [6.07, 6.45) is 3.18. The highest BCUT2D eigenvalue weighted by molar-refractivity contribution is 5.65. The van der Waals surface area contributed by atoms with E-state index in [1.165, 1.54) is 0 Å². The Morgan fingerprint density at radius 3 is 2.06 bits per heavy atom. The fourth-order valence-electron chi connectivity index (χ4n) is 5.42. The lowest BCUT2D eigenvalue weighted by molar-refractivity contribution is 0.0964. The normalized spacial score (nSPS) is 22.4. The summed E-state index contributed by atoms with van der Waals surface area (Å²) >= 11 is 0. The van der Waals surface area contributed by atoms with Gasteiger partial charge in [0.1, 0.15) is 6.10 Å². The van der Waals surface area contributed by atoms with E-state index in [1.807, 2.05) is 0 Å². The summed E-state index contributed by atoms with van der Waals surface area (Å²) in [7, 11) is 0. The van der Waals surface area contributed by atoms with Crippen LogP contribution in [0.15, 0.2) is 48.5 Å². The highest BCUT2D eigenvalue weighted by Crippen LogP contribution is 2.40. The predicted octanol–water partition coefficient (Wildman–Crippen LogP) is 7.42. The second-order valence-corrected chi connectivity index (χ2v) is 10.1. The molecule has 2 fully saturated rings. The predicted molar refractivity (Wildman–Crippen MR) is 131 cm³/mol. The van der Waals surface area contributed by atoms with Crippen LogP contribution >= 0.6 is 0 Å². The Morgan fingerprint density at radius 1 is 0.778 bits per heavy atom. The molecule has 0 radical (unpaired) electrons. The van der Waals surface area contributed by atoms with E-state index in [2.05, 4.69) is 0 Å². The monoisotopic (exact) mass is 498 g/mol. The van der Waals surface area contributed by atoms with Crippen LogP contribution in [0.1, 0.15) is 66.9 Å². The largest absolute Gasteiger partial charge is 0.393 e. The quantitative estimate of drug-likeness (QED) is 0.272. The Bertz CT molecular complexity index is 1230. The number of aliphatic hydroxyl groups is 1. The lowest BCUT2D eigenvalue weighted by atomic mass is 9.76. The zero-order valence-electron chi connectivity index (χ0n) is 20.2. The summed E-state index contributed by atoms with van der Waals surface area (Å²) in [5.41, 5.74) is 2.61. The van der Waals surface area contributed by atoms with E-state index in [0.717, 1.165) is 31.2 Å². The van der Waals surface area contributed by atoms with Crippen LogP contribution in [0, 0.1) is 29.2 Å². The molecule has 5 rings (SSSR count). The molecule has 3 aromatic carbocycles. The first-order valence-corrected chi connectivity index (χ1v) is 12.7. The molecule has 0 bridgehead atoms. The SMILES string of the molecule is CC(O)C1CCC(c2ccc(-c3ccc(CCc4ccc(C5CO5)c(F)c4F)cc3)c(F)c2F)CC1. The Morgan fingerprint density at radius 2 is 1.42 bits per heavy atom. The molecule has 1 aliphatic heterocycles. The van der Waals surface area contributed by atoms with Crippen LogP contribution in [0.25, 0.3) is 11.1 Å². The minimum atomic E-state index is -0.852. The van der Waals surface area contributed by atoms with Gasteiger partial charge in [0.25, 0.3) is 0 Å². The maximum absolute atomic E-state index is 15.1. The molecule has 190 valence electrons. The van der Waals surface area contributed by atoms with Crippen molar-refractivity contribution in [2.75, 3.05) is 6.61 Å². The van der Waals surface area contributed by atoms with Crippen LogP contribution in [-0.4, -0.2) is 17.8 Å². The van der Waals surface area contributed by atoms with Crippen molar-refractivity contribution in [2.24, 2.45) is 5.92 Å². The van der Waals surface area contributed by atoms with Crippen LogP contribution in [0.5, 0.6) is 0 Å². The van der Waals surface area contributed by atoms with Gasteiger partial charge in [-0.1, -0.05) is 48.5 Å². The number of benzene rings is 3. The zero-order valence-corrected chi connectivity index (χ0v) is 20.2. The van der Waals surface area contributed by atoms with Crippen molar-refractivity contribution < 1.29 is 27.4 Å². The molecule has 1 aliphatic carbocycles. The van der Waals surface area contributed by atoms with Gasteiger partial charge in [-0.25, -0.2) is 17.6 Å². The molecular formula is C30H30F4O2. The molecule has 1 saturated heterocycles. The number of rotatable bonds is 7. The van der Waals surface area contributed by atoms with Crippen LogP contribution in [-0.2, 0) is 17.6 Å². The number of halogens is 4. The number of epoxide rings is 1. The summed E-state index contributed by atoms with van der Waals surface area (Å²) in [6, 6.07) is 13.6. The van der Waals surface area contributed by atoms with Gasteiger partial charge in [-0.3, -0.25) is 0 Å². The summed E-state index contributed by atoms with van der Waals surface area (Å²) in [6.45, 7) is 2.20. The third-order valence-electron chi connectivity index (χ3n) is 7.83. The minimum Gasteiger partial charge on any atom is -0.393 e. The van der Waals surface area contributed by atoms with E-state index in [1.54, 1.807) is 55.5 Å². The molecule has 1 N–H and O–H groups in total. The Balaban J connectivity index is 1.26.